The van der Waals surface area contributed by atoms with Crippen molar-refractivity contribution < 1.29 is 24.0 Å². The molecule has 0 atom stereocenters. The smallest absolute Gasteiger partial charge is 0.343 e. The second-order valence-electron chi connectivity index (χ2n) is 4.22. The zero-order valence-electron chi connectivity index (χ0n) is 11.5. The third kappa shape index (κ3) is 3.26. The van der Waals surface area contributed by atoms with Crippen LogP contribution in [0.25, 0.3) is 0 Å². The molecule has 112 valence electrons. The number of carbonyl (C=O) groups excluding carboxylic acids is 2. The molecule has 0 saturated heterocycles. The lowest BCUT2D eigenvalue weighted by Gasteiger charge is -2.09. The summed E-state index contributed by atoms with van der Waals surface area (Å²) < 4.78 is 10.2. The van der Waals surface area contributed by atoms with Gasteiger partial charge in [-0.3, -0.25) is 14.9 Å². The molecule has 0 spiro atoms. The first kappa shape index (κ1) is 15.2. The van der Waals surface area contributed by atoms with E-state index < -0.39 is 10.9 Å². The van der Waals surface area contributed by atoms with E-state index >= 15 is 0 Å². The van der Waals surface area contributed by atoms with Gasteiger partial charge in [-0.1, -0.05) is 0 Å². The molecule has 2 aromatic rings. The maximum absolute atomic E-state index is 12.0. The molecule has 0 radical (unpaired) electrons. The van der Waals surface area contributed by atoms with Crippen LogP contribution in [-0.4, -0.2) is 24.3 Å². The SMILES string of the molecule is COc1ccc(C=O)cc1OC(=O)c1ccc([N+](=O)[O-])cc1. The Hall–Kier alpha value is -3.22. The molecule has 0 unspecified atom stereocenters. The van der Waals surface area contributed by atoms with Crippen molar-refractivity contribution >= 4 is 17.9 Å². The summed E-state index contributed by atoms with van der Waals surface area (Å²) in [5, 5.41) is 10.6. The van der Waals surface area contributed by atoms with Crippen LogP contribution in [0.3, 0.4) is 0 Å². The average molecular weight is 301 g/mol. The second-order valence-corrected chi connectivity index (χ2v) is 4.22. The van der Waals surface area contributed by atoms with Gasteiger partial charge in [0.2, 0.25) is 0 Å². The van der Waals surface area contributed by atoms with Gasteiger partial charge in [-0.15, -0.1) is 0 Å². The molecule has 0 heterocycles. The number of carbonyl (C=O) groups is 2. The fraction of sp³-hybridized carbons (Fsp3) is 0.0667. The number of hydrogen-bond donors (Lipinski definition) is 0. The third-order valence-corrected chi connectivity index (χ3v) is 2.84. The van der Waals surface area contributed by atoms with Gasteiger partial charge in [0.25, 0.3) is 5.69 Å². The first-order chi connectivity index (χ1) is 10.5. The van der Waals surface area contributed by atoms with Crippen LogP contribution >= 0.6 is 0 Å². The molecule has 0 aliphatic carbocycles. The number of nitrogens with zero attached hydrogens (tertiary/aromatic N) is 1. The molecule has 2 rings (SSSR count). The Morgan fingerprint density at radius 2 is 1.82 bits per heavy atom. The molecule has 0 fully saturated rings. The lowest BCUT2D eigenvalue weighted by molar-refractivity contribution is -0.384. The Balaban J connectivity index is 2.24. The summed E-state index contributed by atoms with van der Waals surface area (Å²) in [5.74, 6) is -0.326. The minimum atomic E-state index is -0.712. The van der Waals surface area contributed by atoms with E-state index in [2.05, 4.69) is 0 Å². The van der Waals surface area contributed by atoms with Gasteiger partial charge >= 0.3 is 5.97 Å². The van der Waals surface area contributed by atoms with Crippen LogP contribution in [0.4, 0.5) is 5.69 Å². The Kier molecular flexibility index (Phi) is 4.47. The number of aldehydes is 1. The molecule has 0 bridgehead atoms. The number of esters is 1. The van der Waals surface area contributed by atoms with Crippen LogP contribution in [0.15, 0.2) is 42.5 Å². The van der Waals surface area contributed by atoms with Crippen molar-refractivity contribution in [2.75, 3.05) is 7.11 Å². The molecule has 0 aliphatic heterocycles. The topological polar surface area (TPSA) is 95.7 Å². The van der Waals surface area contributed by atoms with E-state index in [1.165, 1.54) is 49.6 Å². The first-order valence-corrected chi connectivity index (χ1v) is 6.15. The average Bonchev–Trinajstić information content (AvgIpc) is 2.54. The number of nitro groups is 1. The lowest BCUT2D eigenvalue weighted by atomic mass is 10.2. The Morgan fingerprint density at radius 3 is 2.36 bits per heavy atom. The van der Waals surface area contributed by atoms with Crippen LogP contribution in [-0.2, 0) is 0 Å². The molecule has 7 nitrogen and oxygen atoms in total. The van der Waals surface area contributed by atoms with Crippen molar-refractivity contribution in [1.29, 1.82) is 0 Å². The van der Waals surface area contributed by atoms with E-state index in [-0.39, 0.29) is 17.0 Å². The van der Waals surface area contributed by atoms with Gasteiger partial charge in [-0.2, -0.15) is 0 Å². The van der Waals surface area contributed by atoms with Crippen LogP contribution in [0, 0.1) is 10.1 Å². The minimum Gasteiger partial charge on any atom is -0.493 e. The maximum Gasteiger partial charge on any atom is 0.343 e. The van der Waals surface area contributed by atoms with Gasteiger partial charge in [0.05, 0.1) is 17.6 Å². The van der Waals surface area contributed by atoms with Crippen LogP contribution < -0.4 is 9.47 Å². The Labute approximate surface area is 125 Å². The highest BCUT2D eigenvalue weighted by molar-refractivity contribution is 5.92. The van der Waals surface area contributed by atoms with E-state index in [1.807, 2.05) is 0 Å². The molecule has 0 aromatic heterocycles. The van der Waals surface area contributed by atoms with Crippen LogP contribution in [0.5, 0.6) is 11.5 Å². The molecule has 0 aliphatic rings. The quantitative estimate of drug-likeness (QED) is 0.277. The van der Waals surface area contributed by atoms with E-state index in [9.17, 15) is 19.7 Å². The summed E-state index contributed by atoms with van der Waals surface area (Å²) >= 11 is 0. The summed E-state index contributed by atoms with van der Waals surface area (Å²) in [6.07, 6.45) is 0.614. The van der Waals surface area contributed by atoms with E-state index in [0.717, 1.165) is 0 Å². The van der Waals surface area contributed by atoms with Crippen molar-refractivity contribution in [2.24, 2.45) is 0 Å². The molecule has 0 amide bonds. The first-order valence-electron chi connectivity index (χ1n) is 6.15. The molecule has 2 aromatic carbocycles. The normalized spacial score (nSPS) is 9.86. The zero-order valence-corrected chi connectivity index (χ0v) is 11.5. The van der Waals surface area contributed by atoms with E-state index in [1.54, 1.807) is 0 Å². The van der Waals surface area contributed by atoms with Gasteiger partial charge < -0.3 is 9.47 Å². The molecular weight excluding hydrogens is 290 g/mol. The Bertz CT molecular complexity index is 723. The molecule has 7 heteroatoms. The van der Waals surface area contributed by atoms with Gasteiger partial charge in [0.15, 0.2) is 11.5 Å². The minimum absolute atomic E-state index is 0.0930. The molecule has 22 heavy (non-hydrogen) atoms. The number of benzene rings is 2. The predicted molar refractivity (Wildman–Crippen MR) is 76.4 cm³/mol. The monoisotopic (exact) mass is 301 g/mol. The number of ether oxygens (including phenoxy) is 2. The highest BCUT2D eigenvalue weighted by atomic mass is 16.6. The highest BCUT2D eigenvalue weighted by Gasteiger charge is 2.14. The number of methoxy groups -OCH3 is 1. The number of non-ortho nitro benzene ring substituents is 1. The molecular formula is C15H11NO6. The fourth-order valence-electron chi connectivity index (χ4n) is 1.72. The van der Waals surface area contributed by atoms with Crippen molar-refractivity contribution in [1.82, 2.24) is 0 Å². The van der Waals surface area contributed by atoms with E-state index in [4.69, 9.17) is 9.47 Å². The van der Waals surface area contributed by atoms with Crippen LogP contribution in [0.2, 0.25) is 0 Å². The Morgan fingerprint density at radius 1 is 1.14 bits per heavy atom. The zero-order chi connectivity index (χ0) is 16.1. The number of rotatable bonds is 5. The van der Waals surface area contributed by atoms with Gasteiger partial charge in [0.1, 0.15) is 6.29 Å². The maximum atomic E-state index is 12.0. The van der Waals surface area contributed by atoms with E-state index in [0.29, 0.717) is 17.6 Å². The van der Waals surface area contributed by atoms with Gasteiger partial charge in [0, 0.05) is 17.7 Å². The lowest BCUT2D eigenvalue weighted by Crippen LogP contribution is -2.09. The predicted octanol–water partition coefficient (Wildman–Crippen LogP) is 2.64. The van der Waals surface area contributed by atoms with Gasteiger partial charge in [-0.25, -0.2) is 4.79 Å². The fourth-order valence-corrected chi connectivity index (χ4v) is 1.72. The highest BCUT2D eigenvalue weighted by Crippen LogP contribution is 2.28. The number of hydrogen-bond acceptors (Lipinski definition) is 6. The summed E-state index contributed by atoms with van der Waals surface area (Å²) in [4.78, 5) is 32.8. The number of nitro benzene ring substituents is 1. The van der Waals surface area contributed by atoms with Crippen LogP contribution in [0.1, 0.15) is 20.7 Å². The third-order valence-electron chi connectivity index (χ3n) is 2.84. The summed E-state index contributed by atoms with van der Waals surface area (Å²) in [7, 11) is 1.40. The van der Waals surface area contributed by atoms with Crippen molar-refractivity contribution in [3.8, 4) is 11.5 Å². The second kappa shape index (κ2) is 6.49. The summed E-state index contributed by atoms with van der Waals surface area (Å²) in [6, 6.07) is 9.38. The summed E-state index contributed by atoms with van der Waals surface area (Å²) in [5.41, 5.74) is 0.341. The summed E-state index contributed by atoms with van der Waals surface area (Å²) in [6.45, 7) is 0. The standard InChI is InChI=1S/C15H11NO6/c1-21-13-7-2-10(9-17)8-14(13)22-15(18)11-3-5-12(6-4-11)16(19)20/h2-9H,1H3. The van der Waals surface area contributed by atoms with Crippen molar-refractivity contribution in [3.63, 3.8) is 0 Å². The van der Waals surface area contributed by atoms with Crippen molar-refractivity contribution in [2.45, 2.75) is 0 Å². The largest absolute Gasteiger partial charge is 0.493 e. The molecule has 0 N–H and O–H groups in total. The van der Waals surface area contributed by atoms with Crippen molar-refractivity contribution in [3.05, 3.63) is 63.7 Å². The molecule has 0 saturated carbocycles. The van der Waals surface area contributed by atoms with Gasteiger partial charge in [-0.05, 0) is 30.3 Å².